The van der Waals surface area contributed by atoms with Crippen LogP contribution >= 0.6 is 0 Å². The molecule has 8 heteroatoms. The molecule has 1 aliphatic heterocycles. The van der Waals surface area contributed by atoms with Crippen molar-refractivity contribution in [1.29, 1.82) is 5.26 Å². The number of hydrogen-bond acceptors (Lipinski definition) is 6. The van der Waals surface area contributed by atoms with E-state index in [0.717, 1.165) is 4.90 Å². The van der Waals surface area contributed by atoms with E-state index in [-0.39, 0.29) is 22.4 Å². The Balaban J connectivity index is 1.67. The first-order chi connectivity index (χ1) is 13.8. The normalized spacial score (nSPS) is 14.6. The SMILES string of the molecule is C[C@H](OC(=O)[C@@H](C)N1C(=O)c2ccccc2C1=O)C(=O)Nc1ccccc1C#N. The second kappa shape index (κ2) is 7.94. The molecule has 0 fully saturated rings. The van der Waals surface area contributed by atoms with Gasteiger partial charge in [-0.25, -0.2) is 4.79 Å². The molecule has 1 heterocycles. The number of benzene rings is 2. The van der Waals surface area contributed by atoms with E-state index in [4.69, 9.17) is 10.00 Å². The van der Waals surface area contributed by atoms with Crippen LogP contribution in [-0.4, -0.2) is 40.7 Å². The number of imide groups is 1. The van der Waals surface area contributed by atoms with Gasteiger partial charge in [0.1, 0.15) is 12.1 Å². The van der Waals surface area contributed by atoms with Crippen LogP contribution in [0.1, 0.15) is 40.1 Å². The summed E-state index contributed by atoms with van der Waals surface area (Å²) in [5, 5.41) is 11.6. The maximum absolute atomic E-state index is 12.5. The minimum absolute atomic E-state index is 0.219. The van der Waals surface area contributed by atoms with Crippen molar-refractivity contribution in [3.05, 3.63) is 65.2 Å². The standard InChI is InChI=1S/C21H17N3O5/c1-12(24-19(26)15-8-4-5-9-16(15)20(24)27)21(28)29-13(2)18(25)23-17-10-6-3-7-14(17)11-22/h3-10,12-13H,1-2H3,(H,23,25)/t12-,13+/m1/s1. The molecular formula is C21H17N3O5. The highest BCUT2D eigenvalue weighted by molar-refractivity contribution is 6.22. The minimum Gasteiger partial charge on any atom is -0.451 e. The highest BCUT2D eigenvalue weighted by Crippen LogP contribution is 2.25. The number of carbonyl (C=O) groups is 4. The maximum Gasteiger partial charge on any atom is 0.329 e. The van der Waals surface area contributed by atoms with Crippen LogP contribution < -0.4 is 5.32 Å². The maximum atomic E-state index is 12.5. The van der Waals surface area contributed by atoms with Crippen LogP contribution in [0.25, 0.3) is 0 Å². The average Bonchev–Trinajstić information content (AvgIpc) is 2.98. The van der Waals surface area contributed by atoms with E-state index in [2.05, 4.69) is 5.32 Å². The van der Waals surface area contributed by atoms with Crippen molar-refractivity contribution in [3.8, 4) is 6.07 Å². The topological polar surface area (TPSA) is 117 Å². The van der Waals surface area contributed by atoms with Gasteiger partial charge in [-0.1, -0.05) is 24.3 Å². The molecule has 0 spiro atoms. The van der Waals surface area contributed by atoms with Crippen molar-refractivity contribution in [2.45, 2.75) is 26.0 Å². The summed E-state index contributed by atoms with van der Waals surface area (Å²) in [6.07, 6.45) is -1.20. The average molecular weight is 391 g/mol. The van der Waals surface area contributed by atoms with E-state index in [1.165, 1.54) is 32.0 Å². The number of hydrogen-bond donors (Lipinski definition) is 1. The molecule has 2 aromatic carbocycles. The van der Waals surface area contributed by atoms with Crippen molar-refractivity contribution in [2.75, 3.05) is 5.32 Å². The Bertz CT molecular complexity index is 1020. The Hall–Kier alpha value is -3.99. The number of rotatable bonds is 5. The zero-order valence-electron chi connectivity index (χ0n) is 15.7. The van der Waals surface area contributed by atoms with Crippen LogP contribution in [0.3, 0.4) is 0 Å². The highest BCUT2D eigenvalue weighted by Gasteiger charge is 2.41. The Morgan fingerprint density at radius 1 is 1.00 bits per heavy atom. The van der Waals surface area contributed by atoms with Crippen molar-refractivity contribution < 1.29 is 23.9 Å². The number of esters is 1. The van der Waals surface area contributed by atoms with E-state index in [0.29, 0.717) is 0 Å². The molecule has 0 saturated carbocycles. The smallest absolute Gasteiger partial charge is 0.329 e. The quantitative estimate of drug-likeness (QED) is 0.616. The van der Waals surface area contributed by atoms with Gasteiger partial charge >= 0.3 is 5.97 Å². The molecule has 2 atom stereocenters. The molecular weight excluding hydrogens is 374 g/mol. The van der Waals surface area contributed by atoms with Crippen molar-refractivity contribution >= 4 is 29.4 Å². The third-order valence-corrected chi connectivity index (χ3v) is 4.52. The number of nitrogens with zero attached hydrogens (tertiary/aromatic N) is 2. The minimum atomic E-state index is -1.20. The number of anilines is 1. The Morgan fingerprint density at radius 2 is 1.55 bits per heavy atom. The Labute approximate surface area is 166 Å². The summed E-state index contributed by atoms with van der Waals surface area (Å²) in [5.41, 5.74) is 0.988. The lowest BCUT2D eigenvalue weighted by Crippen LogP contribution is -2.45. The van der Waals surface area contributed by atoms with Gasteiger partial charge in [-0.3, -0.25) is 19.3 Å². The van der Waals surface area contributed by atoms with Crippen LogP contribution in [0.2, 0.25) is 0 Å². The van der Waals surface area contributed by atoms with E-state index in [9.17, 15) is 19.2 Å². The van der Waals surface area contributed by atoms with E-state index >= 15 is 0 Å². The van der Waals surface area contributed by atoms with Crippen LogP contribution in [0.5, 0.6) is 0 Å². The molecule has 0 bridgehead atoms. The number of nitrogens with one attached hydrogen (secondary N) is 1. The van der Waals surface area contributed by atoms with Gasteiger partial charge in [-0.2, -0.15) is 5.26 Å². The summed E-state index contributed by atoms with van der Waals surface area (Å²) >= 11 is 0. The lowest BCUT2D eigenvalue weighted by atomic mass is 10.1. The number of fused-ring (bicyclic) bond motifs is 1. The third kappa shape index (κ3) is 3.71. The molecule has 146 valence electrons. The lowest BCUT2D eigenvalue weighted by Gasteiger charge is -2.22. The zero-order chi connectivity index (χ0) is 21.1. The zero-order valence-corrected chi connectivity index (χ0v) is 15.7. The fourth-order valence-electron chi connectivity index (χ4n) is 2.92. The molecule has 3 amide bonds. The molecule has 3 rings (SSSR count). The van der Waals surface area contributed by atoms with Gasteiger partial charge in [0.25, 0.3) is 17.7 Å². The second-order valence-corrected chi connectivity index (χ2v) is 6.43. The molecule has 0 radical (unpaired) electrons. The van der Waals surface area contributed by atoms with Crippen LogP contribution in [0, 0.1) is 11.3 Å². The lowest BCUT2D eigenvalue weighted by molar-refractivity contribution is -0.156. The van der Waals surface area contributed by atoms with Gasteiger partial charge < -0.3 is 10.1 Å². The molecule has 0 unspecified atom stereocenters. The van der Waals surface area contributed by atoms with Gasteiger partial charge in [0, 0.05) is 0 Å². The van der Waals surface area contributed by atoms with Gasteiger partial charge in [-0.15, -0.1) is 0 Å². The van der Waals surface area contributed by atoms with Gasteiger partial charge in [0.2, 0.25) is 0 Å². The van der Waals surface area contributed by atoms with Crippen LogP contribution in [-0.2, 0) is 14.3 Å². The molecule has 2 aromatic rings. The summed E-state index contributed by atoms with van der Waals surface area (Å²) in [6, 6.07) is 13.4. The number of para-hydroxylation sites is 1. The van der Waals surface area contributed by atoms with Gasteiger partial charge in [-0.05, 0) is 38.1 Å². The fourth-order valence-corrected chi connectivity index (χ4v) is 2.92. The predicted octanol–water partition coefficient (Wildman–Crippen LogP) is 2.11. The highest BCUT2D eigenvalue weighted by atomic mass is 16.5. The van der Waals surface area contributed by atoms with E-state index < -0.39 is 35.8 Å². The van der Waals surface area contributed by atoms with E-state index in [1.807, 2.05) is 6.07 Å². The number of nitriles is 1. The summed E-state index contributed by atoms with van der Waals surface area (Å²) in [6.45, 7) is 2.72. The van der Waals surface area contributed by atoms with Gasteiger partial charge in [0.05, 0.1) is 22.4 Å². The van der Waals surface area contributed by atoms with Crippen LogP contribution in [0.15, 0.2) is 48.5 Å². The van der Waals surface area contributed by atoms with E-state index in [1.54, 1.807) is 30.3 Å². The van der Waals surface area contributed by atoms with Crippen molar-refractivity contribution in [3.63, 3.8) is 0 Å². The molecule has 0 aromatic heterocycles. The monoisotopic (exact) mass is 391 g/mol. The van der Waals surface area contributed by atoms with Gasteiger partial charge in [0.15, 0.2) is 6.10 Å². The summed E-state index contributed by atoms with van der Waals surface area (Å²) in [4.78, 5) is 50.5. The predicted molar refractivity (Wildman–Crippen MR) is 102 cm³/mol. The molecule has 0 aliphatic carbocycles. The Morgan fingerprint density at radius 3 is 2.14 bits per heavy atom. The van der Waals surface area contributed by atoms with Crippen molar-refractivity contribution in [2.24, 2.45) is 0 Å². The molecule has 29 heavy (non-hydrogen) atoms. The van der Waals surface area contributed by atoms with Crippen LogP contribution in [0.4, 0.5) is 5.69 Å². The first kappa shape index (κ1) is 19.8. The molecule has 1 aliphatic rings. The molecule has 0 saturated heterocycles. The third-order valence-electron chi connectivity index (χ3n) is 4.52. The van der Waals surface area contributed by atoms with Crippen molar-refractivity contribution in [1.82, 2.24) is 4.90 Å². The molecule has 1 N–H and O–H groups in total. The number of ether oxygens (including phenoxy) is 1. The number of amides is 3. The second-order valence-electron chi connectivity index (χ2n) is 6.43. The number of carbonyl (C=O) groups excluding carboxylic acids is 4. The summed E-state index contributed by atoms with van der Waals surface area (Å²) in [5.74, 6) is -2.71. The summed E-state index contributed by atoms with van der Waals surface area (Å²) < 4.78 is 5.15. The fraction of sp³-hybridized carbons (Fsp3) is 0.190. The summed E-state index contributed by atoms with van der Waals surface area (Å²) in [7, 11) is 0. The Kier molecular flexibility index (Phi) is 5.41. The first-order valence-corrected chi connectivity index (χ1v) is 8.82. The molecule has 8 nitrogen and oxygen atoms in total. The largest absolute Gasteiger partial charge is 0.451 e. The first-order valence-electron chi connectivity index (χ1n) is 8.82.